The van der Waals surface area contributed by atoms with Crippen LogP contribution in [-0.2, 0) is 19.4 Å². The number of nitrogens with one attached hydrogen (secondary N) is 1. The summed E-state index contributed by atoms with van der Waals surface area (Å²) in [5, 5.41) is 4.82. The Morgan fingerprint density at radius 3 is 2.06 bits per heavy atom. The van der Waals surface area contributed by atoms with E-state index in [2.05, 4.69) is 10.5 Å². The number of benzene rings is 3. The van der Waals surface area contributed by atoms with Gasteiger partial charge >= 0.3 is 12.4 Å². The van der Waals surface area contributed by atoms with Gasteiger partial charge in [0.2, 0.25) is 0 Å². The summed E-state index contributed by atoms with van der Waals surface area (Å²) >= 11 is 0. The van der Waals surface area contributed by atoms with Crippen molar-refractivity contribution in [3.8, 4) is 0 Å². The molecule has 4 nitrogen and oxygen atoms in total. The fourth-order valence-electron chi connectivity index (χ4n) is 3.63. The van der Waals surface area contributed by atoms with Gasteiger partial charge < -0.3 is 4.57 Å². The van der Waals surface area contributed by atoms with E-state index in [1.807, 2.05) is 12.1 Å². The molecule has 0 saturated heterocycles. The predicted octanol–water partition coefficient (Wildman–Crippen LogP) is 6.40. The molecule has 0 aliphatic carbocycles. The molecule has 180 valence electrons. The minimum Gasteiger partial charge on any atom is -0.340 e. The van der Waals surface area contributed by atoms with E-state index in [4.69, 9.17) is 0 Å². The number of aryl methyl sites for hydroxylation is 1. The topological polar surface area (TPSA) is 46.4 Å². The molecule has 1 aromatic heterocycles. The molecule has 4 rings (SSSR count). The number of alkyl halides is 6. The molecule has 0 fully saturated rings. The van der Waals surface area contributed by atoms with Crippen LogP contribution in [0, 0.1) is 0 Å². The van der Waals surface area contributed by atoms with Crippen LogP contribution in [0.1, 0.15) is 32.7 Å². The van der Waals surface area contributed by atoms with Crippen LogP contribution >= 0.6 is 0 Å². The highest BCUT2D eigenvalue weighted by Gasteiger charge is 2.32. The molecule has 0 aliphatic rings. The molecule has 1 heterocycles. The Bertz CT molecular complexity index is 1420. The molecule has 3 aromatic carbocycles. The van der Waals surface area contributed by atoms with Gasteiger partial charge in [-0.3, -0.25) is 4.79 Å². The summed E-state index contributed by atoms with van der Waals surface area (Å²) in [5.41, 5.74) is 1.39. The van der Waals surface area contributed by atoms with Gasteiger partial charge in [0.1, 0.15) is 5.69 Å². The number of amides is 1. The monoisotopic (exact) mass is 489 g/mol. The Balaban J connectivity index is 1.75. The molecule has 0 unspecified atom stereocenters. The van der Waals surface area contributed by atoms with Crippen molar-refractivity contribution < 1.29 is 31.1 Å². The summed E-state index contributed by atoms with van der Waals surface area (Å²) in [5.74, 6) is -0.639. The van der Waals surface area contributed by atoms with Gasteiger partial charge in [-0.05, 0) is 36.4 Å². The number of hydrazone groups is 1. The molecule has 0 bridgehead atoms. The molecule has 10 heteroatoms. The Morgan fingerprint density at radius 2 is 1.43 bits per heavy atom. The zero-order valence-corrected chi connectivity index (χ0v) is 18.1. The lowest BCUT2D eigenvalue weighted by atomic mass is 9.99. The lowest BCUT2D eigenvalue weighted by Crippen LogP contribution is -2.23. The van der Waals surface area contributed by atoms with Crippen molar-refractivity contribution in [2.24, 2.45) is 12.1 Å². The number of nitrogens with zero attached hydrogens (tertiary/aromatic N) is 2. The van der Waals surface area contributed by atoms with Gasteiger partial charge in [-0.2, -0.15) is 31.4 Å². The number of rotatable bonds is 4. The third-order valence-electron chi connectivity index (χ3n) is 5.40. The van der Waals surface area contributed by atoms with Crippen LogP contribution in [0.5, 0.6) is 0 Å². The number of hydrogen-bond donors (Lipinski definition) is 1. The molecule has 0 radical (unpaired) electrons. The summed E-state index contributed by atoms with van der Waals surface area (Å²) in [7, 11) is 1.67. The summed E-state index contributed by atoms with van der Waals surface area (Å²) in [6, 6.07) is 16.8. The van der Waals surface area contributed by atoms with E-state index in [0.29, 0.717) is 0 Å². The second-order valence-corrected chi connectivity index (χ2v) is 7.70. The number of para-hydroxylation sites is 1. The molecule has 0 spiro atoms. The zero-order valence-electron chi connectivity index (χ0n) is 18.1. The highest BCUT2D eigenvalue weighted by atomic mass is 19.4. The van der Waals surface area contributed by atoms with Gasteiger partial charge in [0.25, 0.3) is 5.91 Å². The van der Waals surface area contributed by atoms with Crippen molar-refractivity contribution in [3.05, 3.63) is 107 Å². The van der Waals surface area contributed by atoms with Crippen molar-refractivity contribution in [1.82, 2.24) is 9.99 Å². The molecule has 1 amide bonds. The van der Waals surface area contributed by atoms with E-state index in [-0.39, 0.29) is 22.5 Å². The maximum Gasteiger partial charge on any atom is 0.416 e. The van der Waals surface area contributed by atoms with E-state index in [0.717, 1.165) is 53.4 Å². The summed E-state index contributed by atoms with van der Waals surface area (Å²) in [6.45, 7) is 0. The number of carbonyl (C=O) groups is 1. The summed E-state index contributed by atoms with van der Waals surface area (Å²) in [6.07, 6.45) is -9.23. The first kappa shape index (κ1) is 24.1. The van der Waals surface area contributed by atoms with E-state index in [1.54, 1.807) is 29.8 Å². The highest BCUT2D eigenvalue weighted by molar-refractivity contribution is 6.13. The minimum atomic E-state index is -4.65. The third-order valence-corrected chi connectivity index (χ3v) is 5.40. The van der Waals surface area contributed by atoms with Gasteiger partial charge in [0.05, 0.1) is 16.8 Å². The van der Waals surface area contributed by atoms with Crippen LogP contribution in [0.15, 0.2) is 84.0 Å². The maximum atomic E-state index is 13.3. The van der Waals surface area contributed by atoms with Gasteiger partial charge in [-0.1, -0.05) is 42.5 Å². The Hall–Kier alpha value is -4.08. The van der Waals surface area contributed by atoms with E-state index in [9.17, 15) is 31.1 Å². The normalized spacial score (nSPS) is 12.7. The first-order valence-corrected chi connectivity index (χ1v) is 10.2. The summed E-state index contributed by atoms with van der Waals surface area (Å²) < 4.78 is 80.4. The minimum absolute atomic E-state index is 0.0306. The lowest BCUT2D eigenvalue weighted by Gasteiger charge is -2.13. The number of carbonyl (C=O) groups excluding carboxylic acids is 1. The summed E-state index contributed by atoms with van der Waals surface area (Å²) in [4.78, 5) is 12.8. The van der Waals surface area contributed by atoms with Gasteiger partial charge in [0.15, 0.2) is 0 Å². The molecule has 0 saturated carbocycles. The average Bonchev–Trinajstić information content (AvgIpc) is 3.15. The number of halogens is 6. The molecular weight excluding hydrogens is 472 g/mol. The number of aromatic nitrogens is 1. The predicted molar refractivity (Wildman–Crippen MR) is 119 cm³/mol. The van der Waals surface area contributed by atoms with Crippen molar-refractivity contribution in [1.29, 1.82) is 0 Å². The van der Waals surface area contributed by atoms with Crippen molar-refractivity contribution >= 4 is 22.5 Å². The Labute approximate surface area is 195 Å². The van der Waals surface area contributed by atoms with E-state index < -0.39 is 29.4 Å². The second kappa shape index (κ2) is 8.94. The van der Waals surface area contributed by atoms with Crippen molar-refractivity contribution in [2.75, 3.05) is 0 Å². The average molecular weight is 489 g/mol. The van der Waals surface area contributed by atoms with Crippen LogP contribution in [-0.4, -0.2) is 16.2 Å². The van der Waals surface area contributed by atoms with Crippen LogP contribution in [0.25, 0.3) is 10.9 Å². The SMILES string of the molecule is Cn1c(C(=O)N/N=C(\c2ccc(C(F)(F)F)cc2)c2cccc(C(F)(F)F)c2)cc2ccccc21. The zero-order chi connectivity index (χ0) is 25.4. The Morgan fingerprint density at radius 1 is 0.771 bits per heavy atom. The van der Waals surface area contributed by atoms with E-state index in [1.165, 1.54) is 6.07 Å². The van der Waals surface area contributed by atoms with E-state index >= 15 is 0 Å². The van der Waals surface area contributed by atoms with Crippen LogP contribution in [0.2, 0.25) is 0 Å². The Kier molecular flexibility index (Phi) is 6.14. The highest BCUT2D eigenvalue weighted by Crippen LogP contribution is 2.31. The molecule has 0 atom stereocenters. The largest absolute Gasteiger partial charge is 0.416 e. The first-order valence-electron chi connectivity index (χ1n) is 10.2. The maximum absolute atomic E-state index is 13.3. The van der Waals surface area contributed by atoms with Gasteiger partial charge in [-0.25, -0.2) is 5.43 Å². The molecule has 0 aliphatic heterocycles. The fourth-order valence-corrected chi connectivity index (χ4v) is 3.63. The fraction of sp³-hybridized carbons (Fsp3) is 0.120. The number of fused-ring (bicyclic) bond motifs is 1. The van der Waals surface area contributed by atoms with Crippen LogP contribution in [0.4, 0.5) is 26.3 Å². The van der Waals surface area contributed by atoms with Crippen molar-refractivity contribution in [2.45, 2.75) is 12.4 Å². The third kappa shape index (κ3) is 5.06. The molecular formula is C25H17F6N3O. The van der Waals surface area contributed by atoms with Gasteiger partial charge in [-0.15, -0.1) is 0 Å². The quantitative estimate of drug-likeness (QED) is 0.201. The molecule has 35 heavy (non-hydrogen) atoms. The van der Waals surface area contributed by atoms with Gasteiger partial charge in [0, 0.05) is 29.1 Å². The number of hydrogen-bond acceptors (Lipinski definition) is 2. The second-order valence-electron chi connectivity index (χ2n) is 7.70. The lowest BCUT2D eigenvalue weighted by molar-refractivity contribution is -0.138. The standard InChI is InChI=1S/C25H17F6N3O/c1-34-20-8-3-2-5-16(20)14-21(34)23(35)33-32-22(15-9-11-18(12-10-15)24(26,27)28)17-6-4-7-19(13-17)25(29,30)31/h2-14H,1H3,(H,33,35)/b32-22+. The van der Waals surface area contributed by atoms with Crippen LogP contribution in [0.3, 0.4) is 0 Å². The molecule has 1 N–H and O–H groups in total. The smallest absolute Gasteiger partial charge is 0.340 e. The first-order chi connectivity index (χ1) is 16.4. The molecule has 4 aromatic rings. The van der Waals surface area contributed by atoms with Crippen LogP contribution < -0.4 is 5.43 Å². The van der Waals surface area contributed by atoms with Crippen molar-refractivity contribution in [3.63, 3.8) is 0 Å².